The van der Waals surface area contributed by atoms with E-state index in [0.29, 0.717) is 0 Å². The maximum atomic E-state index is 10.7. The third-order valence-corrected chi connectivity index (χ3v) is 3.54. The zero-order valence-electron chi connectivity index (χ0n) is 11.0. The molecule has 16 heavy (non-hydrogen) atoms. The van der Waals surface area contributed by atoms with Crippen LogP contribution in [0.15, 0.2) is 0 Å². The molecule has 0 radical (unpaired) electrons. The summed E-state index contributed by atoms with van der Waals surface area (Å²) in [6.45, 7) is 1.53. The molecular formula is C9H15LiN3O2S+. The van der Waals surface area contributed by atoms with Gasteiger partial charge in [-0.25, -0.2) is 14.4 Å². The second kappa shape index (κ2) is 4.47. The summed E-state index contributed by atoms with van der Waals surface area (Å²) in [5.41, 5.74) is 0.922. The molecule has 1 aromatic heterocycles. The number of hydrogen-bond acceptors (Lipinski definition) is 4. The maximum absolute atomic E-state index is 10.7. The molecule has 5 nitrogen and oxygen atoms in total. The number of carbonyl (C=O) groups is 1. The number of hydrogen-bond donors (Lipinski definition) is 1. The first-order valence-electron chi connectivity index (χ1n) is 4.66. The van der Waals surface area contributed by atoms with E-state index in [1.807, 2.05) is 0 Å². The van der Waals surface area contributed by atoms with Crippen molar-refractivity contribution in [1.82, 2.24) is 9.99 Å². The molecule has 0 spiro atoms. The quantitative estimate of drug-likeness (QED) is 0.472. The van der Waals surface area contributed by atoms with Crippen LogP contribution >= 0.6 is 11.3 Å². The van der Waals surface area contributed by atoms with E-state index in [0.717, 1.165) is 28.3 Å². The van der Waals surface area contributed by atoms with Gasteiger partial charge in [0, 0.05) is 4.88 Å². The Morgan fingerprint density at radius 1 is 1.50 bits per heavy atom. The van der Waals surface area contributed by atoms with Crippen LogP contribution in [0.2, 0.25) is 0 Å². The summed E-state index contributed by atoms with van der Waals surface area (Å²) in [5, 5.41) is 11.2. The standard InChI is InChI=1S/C9H13N3O2S.Li.H/c1-12(2,3)11-4-6-7(5-11)15-8(10-6)9(13)14;;/h4-5H2,1-3H3;;/q;+1;-1/p+1. The van der Waals surface area contributed by atoms with Gasteiger partial charge < -0.3 is 6.53 Å². The summed E-state index contributed by atoms with van der Waals surface area (Å²) in [6, 6.07) is 0. The number of thiazole rings is 1. The molecule has 2 heterocycles. The molecule has 0 bridgehead atoms. The molecule has 7 heteroatoms. The molecule has 0 unspecified atom stereocenters. The van der Waals surface area contributed by atoms with Crippen LogP contribution in [-0.4, -0.2) is 46.8 Å². The van der Waals surface area contributed by atoms with Crippen molar-refractivity contribution >= 4 is 17.3 Å². The Bertz CT molecular complexity index is 395. The van der Waals surface area contributed by atoms with Crippen molar-refractivity contribution in [2.45, 2.75) is 13.1 Å². The van der Waals surface area contributed by atoms with Gasteiger partial charge in [-0.05, 0) is 0 Å². The van der Waals surface area contributed by atoms with Crippen LogP contribution in [0.5, 0.6) is 0 Å². The summed E-state index contributed by atoms with van der Waals surface area (Å²) in [6.07, 6.45) is 0. The van der Waals surface area contributed by atoms with Crippen LogP contribution < -0.4 is 18.9 Å². The number of aromatic nitrogens is 1. The van der Waals surface area contributed by atoms with Gasteiger partial charge >= 0.3 is 24.8 Å². The van der Waals surface area contributed by atoms with Crippen LogP contribution in [0.1, 0.15) is 21.8 Å². The van der Waals surface area contributed by atoms with Gasteiger partial charge in [-0.1, -0.05) is 0 Å². The third kappa shape index (κ3) is 2.47. The number of quaternary nitrogens is 1. The van der Waals surface area contributed by atoms with Crippen LogP contribution in [0.3, 0.4) is 0 Å². The smallest absolute Gasteiger partial charge is 1.00 e. The Labute approximate surface area is 112 Å². The van der Waals surface area contributed by atoms with Gasteiger partial charge in [0.15, 0.2) is 0 Å². The first-order valence-corrected chi connectivity index (χ1v) is 5.48. The van der Waals surface area contributed by atoms with E-state index in [4.69, 9.17) is 5.11 Å². The van der Waals surface area contributed by atoms with Gasteiger partial charge in [0.25, 0.3) is 0 Å². The van der Waals surface area contributed by atoms with Crippen molar-refractivity contribution in [3.63, 3.8) is 0 Å². The van der Waals surface area contributed by atoms with Crippen LogP contribution in [-0.2, 0) is 13.1 Å². The van der Waals surface area contributed by atoms with Gasteiger partial charge in [0.2, 0.25) is 5.01 Å². The summed E-state index contributed by atoms with van der Waals surface area (Å²) < 4.78 is 0.742. The second-order valence-corrected chi connectivity index (χ2v) is 5.54. The second-order valence-electron chi connectivity index (χ2n) is 4.46. The molecule has 1 aliphatic heterocycles. The monoisotopic (exact) mass is 236 g/mol. The Morgan fingerprint density at radius 2 is 2.12 bits per heavy atom. The predicted molar refractivity (Wildman–Crippen MR) is 57.5 cm³/mol. The number of aromatic carboxylic acids is 1. The molecule has 84 valence electrons. The molecular weight excluding hydrogens is 221 g/mol. The maximum Gasteiger partial charge on any atom is 1.00 e. The van der Waals surface area contributed by atoms with E-state index in [-0.39, 0.29) is 25.3 Å². The average molecular weight is 236 g/mol. The van der Waals surface area contributed by atoms with E-state index >= 15 is 0 Å². The summed E-state index contributed by atoms with van der Waals surface area (Å²) >= 11 is 1.29. The van der Waals surface area contributed by atoms with Crippen molar-refractivity contribution in [1.29, 1.82) is 0 Å². The van der Waals surface area contributed by atoms with E-state index < -0.39 is 5.97 Å². The SMILES string of the molecule is C[N+](C)(C)N1Cc2nc(C(=O)O)sc2C1.[H-].[Li+]. The Hall–Kier alpha value is -0.383. The molecule has 1 N–H and O–H groups in total. The minimum Gasteiger partial charge on any atom is -1.00 e. The molecule has 0 saturated heterocycles. The van der Waals surface area contributed by atoms with Crippen LogP contribution in [0.25, 0.3) is 0 Å². The molecule has 0 fully saturated rings. The Morgan fingerprint density at radius 3 is 2.56 bits per heavy atom. The number of fused-ring (bicyclic) bond motifs is 1. The van der Waals surface area contributed by atoms with E-state index in [9.17, 15) is 4.79 Å². The van der Waals surface area contributed by atoms with Gasteiger partial charge in [-0.15, -0.1) is 16.3 Å². The van der Waals surface area contributed by atoms with Crippen LogP contribution in [0, 0.1) is 0 Å². The van der Waals surface area contributed by atoms with Crippen LogP contribution in [0.4, 0.5) is 0 Å². The Kier molecular flexibility index (Phi) is 3.82. The molecule has 0 atom stereocenters. The van der Waals surface area contributed by atoms with Gasteiger partial charge in [0.05, 0.1) is 39.9 Å². The zero-order valence-corrected chi connectivity index (χ0v) is 10.8. The first-order chi connectivity index (χ1) is 6.88. The topological polar surface area (TPSA) is 53.4 Å². The zero-order chi connectivity index (χ0) is 11.2. The molecule has 1 aliphatic rings. The van der Waals surface area contributed by atoms with Gasteiger partial charge in [-0.3, -0.25) is 0 Å². The predicted octanol–water partition coefficient (Wildman–Crippen LogP) is -2.11. The number of carboxylic acid groups (broad SMARTS) is 1. The fraction of sp³-hybridized carbons (Fsp3) is 0.556. The van der Waals surface area contributed by atoms with Crippen molar-refractivity contribution in [3.05, 3.63) is 15.6 Å². The fourth-order valence-corrected chi connectivity index (χ4v) is 2.46. The van der Waals surface area contributed by atoms with E-state index in [1.54, 1.807) is 0 Å². The number of carboxylic acids is 1. The van der Waals surface area contributed by atoms with Gasteiger partial charge in [-0.2, -0.15) is 0 Å². The molecule has 1 aromatic rings. The third-order valence-electron chi connectivity index (χ3n) is 2.47. The van der Waals surface area contributed by atoms with Crippen molar-refractivity contribution in [2.75, 3.05) is 21.1 Å². The molecule has 0 amide bonds. The minimum atomic E-state index is -0.925. The molecule has 2 rings (SSSR count). The van der Waals surface area contributed by atoms with E-state index in [2.05, 4.69) is 31.1 Å². The average Bonchev–Trinajstić information content (AvgIpc) is 2.55. The normalized spacial score (nSPS) is 15.7. The summed E-state index contributed by atoms with van der Waals surface area (Å²) in [5.74, 6) is -0.925. The van der Waals surface area contributed by atoms with Crippen molar-refractivity contribution < 1.29 is 34.8 Å². The summed E-state index contributed by atoms with van der Waals surface area (Å²) in [4.78, 5) is 15.9. The minimum absolute atomic E-state index is 0. The molecule has 0 aromatic carbocycles. The molecule has 0 saturated carbocycles. The largest absolute Gasteiger partial charge is 1.00 e. The van der Waals surface area contributed by atoms with Crippen molar-refractivity contribution in [3.8, 4) is 0 Å². The number of rotatable bonds is 2. The van der Waals surface area contributed by atoms with E-state index in [1.165, 1.54) is 11.3 Å². The fourth-order valence-electron chi connectivity index (χ4n) is 1.54. The number of nitrogens with zero attached hydrogens (tertiary/aromatic N) is 3. The Balaban J connectivity index is 0.00000128. The molecule has 0 aliphatic carbocycles. The first kappa shape index (κ1) is 13.7. The van der Waals surface area contributed by atoms with Gasteiger partial charge in [0.1, 0.15) is 0 Å². The van der Waals surface area contributed by atoms with Crippen molar-refractivity contribution in [2.24, 2.45) is 0 Å². The summed E-state index contributed by atoms with van der Waals surface area (Å²) in [7, 11) is 6.28.